The van der Waals surface area contributed by atoms with Crippen molar-refractivity contribution in [1.29, 1.82) is 0 Å². The highest BCUT2D eigenvalue weighted by molar-refractivity contribution is 5.71. The predicted molar refractivity (Wildman–Crippen MR) is 78.7 cm³/mol. The van der Waals surface area contributed by atoms with Crippen LogP contribution >= 0.6 is 0 Å². The molecule has 110 valence electrons. The van der Waals surface area contributed by atoms with Gasteiger partial charge in [0.05, 0.1) is 5.69 Å². The first-order valence-electron chi connectivity index (χ1n) is 6.56. The predicted octanol–water partition coefficient (Wildman–Crippen LogP) is 2.36. The van der Waals surface area contributed by atoms with Gasteiger partial charge >= 0.3 is 5.97 Å². The summed E-state index contributed by atoms with van der Waals surface area (Å²) in [7, 11) is 0. The molecular weight excluding hydrogens is 270 g/mol. The van der Waals surface area contributed by atoms with E-state index >= 15 is 0 Å². The van der Waals surface area contributed by atoms with Gasteiger partial charge in [-0.2, -0.15) is 0 Å². The van der Waals surface area contributed by atoms with Crippen LogP contribution in [0.15, 0.2) is 42.5 Å². The Labute approximate surface area is 122 Å². The van der Waals surface area contributed by atoms with Gasteiger partial charge in [-0.25, -0.2) is 0 Å². The summed E-state index contributed by atoms with van der Waals surface area (Å²) in [6.45, 7) is 0.232. The zero-order chi connectivity index (χ0) is 15.2. The normalized spacial score (nSPS) is 10.3. The molecule has 0 saturated heterocycles. The highest BCUT2D eigenvalue weighted by Gasteiger charge is 2.11. The van der Waals surface area contributed by atoms with Gasteiger partial charge in [0.2, 0.25) is 0 Å². The zero-order valence-electron chi connectivity index (χ0n) is 11.5. The second kappa shape index (κ2) is 6.65. The maximum atomic E-state index is 11.7. The van der Waals surface area contributed by atoms with Gasteiger partial charge in [0, 0.05) is 6.42 Å². The Kier molecular flexibility index (Phi) is 4.66. The number of esters is 1. The number of carbonyl (C=O) groups excluding carboxylic acids is 1. The van der Waals surface area contributed by atoms with Crippen LogP contribution in [0.3, 0.4) is 0 Å². The molecule has 2 aromatic rings. The molecule has 0 radical (unpaired) electrons. The first kappa shape index (κ1) is 14.7. The van der Waals surface area contributed by atoms with E-state index < -0.39 is 0 Å². The third-order valence-corrected chi connectivity index (χ3v) is 3.13. The molecule has 0 aromatic heterocycles. The van der Waals surface area contributed by atoms with Gasteiger partial charge < -0.3 is 20.7 Å². The number of phenolic OH excluding ortho intramolecular Hbond substituents is 2. The minimum absolute atomic E-state index is 0.0888. The summed E-state index contributed by atoms with van der Waals surface area (Å²) in [6.07, 6.45) is 0.495. The highest BCUT2D eigenvalue weighted by atomic mass is 16.5. The van der Waals surface area contributed by atoms with Crippen LogP contribution in [0, 0.1) is 0 Å². The molecule has 5 nitrogen and oxygen atoms in total. The van der Waals surface area contributed by atoms with Crippen LogP contribution < -0.4 is 5.73 Å². The Morgan fingerprint density at radius 3 is 2.52 bits per heavy atom. The number of ether oxygens (including phenoxy) is 1. The van der Waals surface area contributed by atoms with Crippen molar-refractivity contribution in [1.82, 2.24) is 0 Å². The summed E-state index contributed by atoms with van der Waals surface area (Å²) in [5.41, 5.74) is 7.28. The van der Waals surface area contributed by atoms with Crippen LogP contribution in [0.1, 0.15) is 17.5 Å². The lowest BCUT2D eigenvalue weighted by Gasteiger charge is -2.09. The van der Waals surface area contributed by atoms with E-state index in [1.54, 1.807) is 6.07 Å². The standard InChI is InChI=1S/C16H17NO4/c17-15-12(6-8-13(18)16(15)20)7-9-14(19)21-10-11-4-2-1-3-5-11/h1-6,8,18,20H,7,9-10,17H2. The summed E-state index contributed by atoms with van der Waals surface area (Å²) < 4.78 is 5.15. The van der Waals surface area contributed by atoms with Crippen LogP contribution in [0.4, 0.5) is 5.69 Å². The minimum Gasteiger partial charge on any atom is -0.504 e. The van der Waals surface area contributed by atoms with Gasteiger partial charge in [0.15, 0.2) is 11.5 Å². The van der Waals surface area contributed by atoms with E-state index in [1.807, 2.05) is 30.3 Å². The van der Waals surface area contributed by atoms with Crippen LogP contribution in [-0.4, -0.2) is 16.2 Å². The molecule has 0 spiro atoms. The number of aryl methyl sites for hydroxylation is 1. The van der Waals surface area contributed by atoms with E-state index in [0.717, 1.165) is 5.56 Å². The molecule has 2 aromatic carbocycles. The van der Waals surface area contributed by atoms with E-state index in [-0.39, 0.29) is 36.2 Å². The average molecular weight is 287 g/mol. The van der Waals surface area contributed by atoms with E-state index in [1.165, 1.54) is 6.07 Å². The van der Waals surface area contributed by atoms with Crippen molar-refractivity contribution in [3.05, 3.63) is 53.6 Å². The van der Waals surface area contributed by atoms with Gasteiger partial charge in [-0.15, -0.1) is 0 Å². The monoisotopic (exact) mass is 287 g/mol. The number of nitrogens with two attached hydrogens (primary N) is 1. The summed E-state index contributed by atoms with van der Waals surface area (Å²) >= 11 is 0. The van der Waals surface area contributed by atoms with Crippen LogP contribution in [0.25, 0.3) is 0 Å². The number of phenols is 2. The molecule has 4 N–H and O–H groups in total. The summed E-state index contributed by atoms with van der Waals surface area (Å²) in [5.74, 6) is -0.973. The maximum absolute atomic E-state index is 11.7. The second-order valence-electron chi connectivity index (χ2n) is 4.65. The summed E-state index contributed by atoms with van der Waals surface area (Å²) in [4.78, 5) is 11.7. The fourth-order valence-corrected chi connectivity index (χ4v) is 1.90. The van der Waals surface area contributed by atoms with E-state index in [0.29, 0.717) is 12.0 Å². The Morgan fingerprint density at radius 1 is 1.10 bits per heavy atom. The average Bonchev–Trinajstić information content (AvgIpc) is 2.51. The molecular formula is C16H17NO4. The van der Waals surface area contributed by atoms with Crippen LogP contribution in [0.5, 0.6) is 11.5 Å². The Hall–Kier alpha value is -2.69. The number of nitrogen functional groups attached to an aromatic ring is 1. The van der Waals surface area contributed by atoms with Gasteiger partial charge in [-0.05, 0) is 23.6 Å². The van der Waals surface area contributed by atoms with Crippen molar-refractivity contribution in [3.63, 3.8) is 0 Å². The highest BCUT2D eigenvalue weighted by Crippen LogP contribution is 2.34. The lowest BCUT2D eigenvalue weighted by atomic mass is 10.1. The quantitative estimate of drug-likeness (QED) is 0.446. The maximum Gasteiger partial charge on any atom is 0.306 e. The fourth-order valence-electron chi connectivity index (χ4n) is 1.90. The Bertz CT molecular complexity index is 626. The summed E-state index contributed by atoms with van der Waals surface area (Å²) in [6, 6.07) is 12.3. The molecule has 0 saturated carbocycles. The number of hydrogen-bond donors (Lipinski definition) is 3. The largest absolute Gasteiger partial charge is 0.504 e. The van der Waals surface area contributed by atoms with Crippen molar-refractivity contribution in [2.24, 2.45) is 0 Å². The molecule has 5 heteroatoms. The Morgan fingerprint density at radius 2 is 1.81 bits per heavy atom. The fraction of sp³-hybridized carbons (Fsp3) is 0.188. The lowest BCUT2D eigenvalue weighted by molar-refractivity contribution is -0.144. The molecule has 0 fully saturated rings. The third kappa shape index (κ3) is 3.89. The molecule has 0 atom stereocenters. The number of rotatable bonds is 5. The van der Waals surface area contributed by atoms with Gasteiger partial charge in [0.1, 0.15) is 6.61 Å². The number of anilines is 1. The number of hydrogen-bond acceptors (Lipinski definition) is 5. The van der Waals surface area contributed by atoms with E-state index in [2.05, 4.69) is 0 Å². The summed E-state index contributed by atoms with van der Waals surface area (Å²) in [5, 5.41) is 18.8. The minimum atomic E-state index is -0.356. The molecule has 0 amide bonds. The molecule has 0 aliphatic carbocycles. The molecule has 0 aliphatic heterocycles. The van der Waals surface area contributed by atoms with Gasteiger partial charge in [-0.1, -0.05) is 36.4 Å². The first-order chi connectivity index (χ1) is 10.1. The zero-order valence-corrected chi connectivity index (χ0v) is 11.5. The number of carbonyl (C=O) groups is 1. The SMILES string of the molecule is Nc1c(CCC(=O)OCc2ccccc2)ccc(O)c1O. The number of aromatic hydroxyl groups is 2. The van der Waals surface area contributed by atoms with Crippen LogP contribution in [-0.2, 0) is 22.6 Å². The molecule has 0 aliphatic rings. The first-order valence-corrected chi connectivity index (χ1v) is 6.56. The molecule has 0 bridgehead atoms. The Balaban J connectivity index is 1.86. The lowest BCUT2D eigenvalue weighted by Crippen LogP contribution is -2.07. The van der Waals surface area contributed by atoms with Crippen LogP contribution in [0.2, 0.25) is 0 Å². The topological polar surface area (TPSA) is 92.8 Å². The third-order valence-electron chi connectivity index (χ3n) is 3.13. The molecule has 21 heavy (non-hydrogen) atoms. The van der Waals surface area contributed by atoms with Gasteiger partial charge in [0.25, 0.3) is 0 Å². The van der Waals surface area contributed by atoms with Crippen molar-refractivity contribution < 1.29 is 19.7 Å². The molecule has 2 rings (SSSR count). The molecule has 0 heterocycles. The van der Waals surface area contributed by atoms with E-state index in [9.17, 15) is 15.0 Å². The van der Waals surface area contributed by atoms with Crippen molar-refractivity contribution in [2.75, 3.05) is 5.73 Å². The smallest absolute Gasteiger partial charge is 0.306 e. The second-order valence-corrected chi connectivity index (χ2v) is 4.65. The number of benzene rings is 2. The van der Waals surface area contributed by atoms with Crippen molar-refractivity contribution in [3.8, 4) is 11.5 Å². The van der Waals surface area contributed by atoms with E-state index in [4.69, 9.17) is 10.5 Å². The molecule has 0 unspecified atom stereocenters. The van der Waals surface area contributed by atoms with Crippen molar-refractivity contribution in [2.45, 2.75) is 19.4 Å². The van der Waals surface area contributed by atoms with Gasteiger partial charge in [-0.3, -0.25) is 4.79 Å². The van der Waals surface area contributed by atoms with Crippen molar-refractivity contribution >= 4 is 11.7 Å².